The zero-order chi connectivity index (χ0) is 19.1. The number of carboxylic acids is 1. The number of carbonyl (C=O) groups is 2. The molecule has 138 valence electrons. The standard InChI is InChI=1S/C17H18N2O5S2/c1-9-6-12(17(21)22)8-15(10(9)2)26(23,24)19-18-16(20)14-7-11-4-3-5-13(11)25-14/h6-8,19H,3-5H2,1-2H3,(H,18,20)(H,21,22). The fourth-order valence-electron chi connectivity index (χ4n) is 2.90. The van der Waals surface area contributed by atoms with Gasteiger partial charge in [0, 0.05) is 4.88 Å². The van der Waals surface area contributed by atoms with E-state index in [1.54, 1.807) is 19.9 Å². The zero-order valence-corrected chi connectivity index (χ0v) is 15.9. The van der Waals surface area contributed by atoms with Gasteiger partial charge in [-0.15, -0.1) is 16.2 Å². The molecule has 0 saturated carbocycles. The molecule has 2 aromatic rings. The fraction of sp³-hybridized carbons (Fsp3) is 0.294. The summed E-state index contributed by atoms with van der Waals surface area (Å²) in [6, 6.07) is 4.28. The first-order chi connectivity index (χ1) is 12.2. The molecule has 0 unspecified atom stereocenters. The Morgan fingerprint density at radius 3 is 2.54 bits per heavy atom. The molecule has 0 aliphatic heterocycles. The number of carboxylic acid groups (broad SMARTS) is 1. The fourth-order valence-corrected chi connectivity index (χ4v) is 5.23. The van der Waals surface area contributed by atoms with Crippen molar-refractivity contribution in [1.29, 1.82) is 0 Å². The van der Waals surface area contributed by atoms with E-state index in [0.29, 0.717) is 16.0 Å². The first-order valence-corrected chi connectivity index (χ1v) is 10.3. The normalized spacial score (nSPS) is 13.5. The lowest BCUT2D eigenvalue weighted by Crippen LogP contribution is -2.41. The van der Waals surface area contributed by atoms with Crippen LogP contribution >= 0.6 is 11.3 Å². The van der Waals surface area contributed by atoms with E-state index in [1.807, 2.05) is 0 Å². The van der Waals surface area contributed by atoms with Crippen LogP contribution in [-0.2, 0) is 22.9 Å². The molecular formula is C17H18N2O5S2. The molecule has 1 aliphatic rings. The van der Waals surface area contributed by atoms with Crippen molar-refractivity contribution in [2.45, 2.75) is 38.0 Å². The van der Waals surface area contributed by atoms with Crippen molar-refractivity contribution in [3.63, 3.8) is 0 Å². The van der Waals surface area contributed by atoms with Crippen LogP contribution in [0.1, 0.15) is 48.0 Å². The van der Waals surface area contributed by atoms with Crippen LogP contribution in [0.4, 0.5) is 0 Å². The number of thiophene rings is 1. The van der Waals surface area contributed by atoms with Crippen LogP contribution in [0.5, 0.6) is 0 Å². The van der Waals surface area contributed by atoms with Crippen LogP contribution < -0.4 is 10.3 Å². The monoisotopic (exact) mass is 394 g/mol. The number of hydrogen-bond donors (Lipinski definition) is 3. The number of rotatable bonds is 5. The Kier molecular flexibility index (Phi) is 4.87. The number of hydrazine groups is 1. The highest BCUT2D eigenvalue weighted by Gasteiger charge is 2.23. The minimum Gasteiger partial charge on any atom is -0.478 e. The third-order valence-corrected chi connectivity index (χ3v) is 7.04. The molecule has 26 heavy (non-hydrogen) atoms. The highest BCUT2D eigenvalue weighted by atomic mass is 32.2. The number of hydrogen-bond acceptors (Lipinski definition) is 5. The minimum absolute atomic E-state index is 0.130. The molecule has 1 amide bonds. The average molecular weight is 394 g/mol. The molecule has 0 saturated heterocycles. The van der Waals surface area contributed by atoms with E-state index >= 15 is 0 Å². The van der Waals surface area contributed by atoms with Gasteiger partial charge in [0.1, 0.15) is 0 Å². The third kappa shape index (κ3) is 3.50. The Hall–Kier alpha value is -2.23. The molecule has 0 atom stereocenters. The van der Waals surface area contributed by atoms with E-state index in [4.69, 9.17) is 5.11 Å². The van der Waals surface area contributed by atoms with Crippen LogP contribution in [0, 0.1) is 13.8 Å². The highest BCUT2D eigenvalue weighted by Crippen LogP contribution is 2.30. The number of aryl methyl sites for hydroxylation is 3. The van der Waals surface area contributed by atoms with Crippen molar-refractivity contribution < 1.29 is 23.1 Å². The first-order valence-electron chi connectivity index (χ1n) is 7.97. The summed E-state index contributed by atoms with van der Waals surface area (Å²) in [4.78, 5) is 26.9. The number of benzene rings is 1. The van der Waals surface area contributed by atoms with Gasteiger partial charge in [-0.1, -0.05) is 0 Å². The number of sulfonamides is 1. The van der Waals surface area contributed by atoms with Gasteiger partial charge in [-0.2, -0.15) is 0 Å². The van der Waals surface area contributed by atoms with E-state index < -0.39 is 21.9 Å². The van der Waals surface area contributed by atoms with Crippen LogP contribution in [0.15, 0.2) is 23.1 Å². The second-order valence-electron chi connectivity index (χ2n) is 6.19. The Bertz CT molecular complexity index is 987. The molecule has 0 fully saturated rings. The van der Waals surface area contributed by atoms with Crippen molar-refractivity contribution in [2.24, 2.45) is 0 Å². The molecule has 0 radical (unpaired) electrons. The molecule has 7 nitrogen and oxygen atoms in total. The van der Waals surface area contributed by atoms with Crippen molar-refractivity contribution in [3.8, 4) is 0 Å². The number of fused-ring (bicyclic) bond motifs is 1. The Morgan fingerprint density at radius 1 is 1.15 bits per heavy atom. The van der Waals surface area contributed by atoms with Crippen molar-refractivity contribution in [3.05, 3.63) is 50.2 Å². The molecule has 0 spiro atoms. The van der Waals surface area contributed by atoms with Gasteiger partial charge in [-0.25, -0.2) is 13.2 Å². The molecule has 9 heteroatoms. The summed E-state index contributed by atoms with van der Waals surface area (Å²) in [6.07, 6.45) is 2.96. The lowest BCUT2D eigenvalue weighted by molar-refractivity contribution is 0.0696. The number of carbonyl (C=O) groups excluding carboxylic acids is 1. The van der Waals surface area contributed by atoms with Gasteiger partial charge in [-0.05, 0) is 68.0 Å². The van der Waals surface area contributed by atoms with E-state index in [2.05, 4.69) is 10.3 Å². The van der Waals surface area contributed by atoms with E-state index in [-0.39, 0.29) is 10.5 Å². The molecular weight excluding hydrogens is 376 g/mol. The first kappa shape index (κ1) is 18.6. The summed E-state index contributed by atoms with van der Waals surface area (Å²) >= 11 is 1.36. The molecule has 3 N–H and O–H groups in total. The SMILES string of the molecule is Cc1cc(C(=O)O)cc(S(=O)(=O)NNC(=O)c2cc3c(s2)CCC3)c1C. The summed E-state index contributed by atoms with van der Waals surface area (Å²) < 4.78 is 25.1. The number of nitrogens with one attached hydrogen (secondary N) is 2. The maximum Gasteiger partial charge on any atom is 0.335 e. The molecule has 3 rings (SSSR count). The Labute approximate surface area is 155 Å². The lowest BCUT2D eigenvalue weighted by Gasteiger charge is -2.12. The van der Waals surface area contributed by atoms with Crippen LogP contribution in [0.3, 0.4) is 0 Å². The van der Waals surface area contributed by atoms with Crippen molar-refractivity contribution >= 4 is 33.2 Å². The molecule has 1 aliphatic carbocycles. The Balaban J connectivity index is 1.80. The largest absolute Gasteiger partial charge is 0.478 e. The van der Waals surface area contributed by atoms with Crippen LogP contribution in [0.25, 0.3) is 0 Å². The molecule has 1 aromatic heterocycles. The maximum absolute atomic E-state index is 12.5. The quantitative estimate of drug-likeness (QED) is 0.673. The van der Waals surface area contributed by atoms with Gasteiger partial charge in [0.25, 0.3) is 15.9 Å². The van der Waals surface area contributed by atoms with Gasteiger partial charge in [0.15, 0.2) is 0 Å². The van der Waals surface area contributed by atoms with Crippen molar-refractivity contribution in [1.82, 2.24) is 10.3 Å². The van der Waals surface area contributed by atoms with E-state index in [9.17, 15) is 18.0 Å². The number of aromatic carboxylic acids is 1. The smallest absolute Gasteiger partial charge is 0.335 e. The topological polar surface area (TPSA) is 113 Å². The Morgan fingerprint density at radius 2 is 1.88 bits per heavy atom. The summed E-state index contributed by atoms with van der Waals surface area (Å²) in [6.45, 7) is 3.22. The van der Waals surface area contributed by atoms with Gasteiger partial charge >= 0.3 is 5.97 Å². The predicted octanol–water partition coefficient (Wildman–Crippen LogP) is 2.18. The van der Waals surface area contributed by atoms with Gasteiger partial charge < -0.3 is 5.11 Å². The zero-order valence-electron chi connectivity index (χ0n) is 14.3. The third-order valence-electron chi connectivity index (χ3n) is 4.43. The van der Waals surface area contributed by atoms with Gasteiger partial charge in [0.2, 0.25) is 0 Å². The second-order valence-corrected chi connectivity index (χ2v) is 8.98. The van der Waals surface area contributed by atoms with E-state index in [0.717, 1.165) is 30.9 Å². The lowest BCUT2D eigenvalue weighted by atomic mass is 10.1. The van der Waals surface area contributed by atoms with Crippen molar-refractivity contribution in [2.75, 3.05) is 0 Å². The summed E-state index contributed by atoms with van der Waals surface area (Å²) in [5.41, 5.74) is 4.18. The van der Waals surface area contributed by atoms with Crippen LogP contribution in [0.2, 0.25) is 0 Å². The average Bonchev–Trinajstić information content (AvgIpc) is 3.16. The molecule has 1 aromatic carbocycles. The summed E-state index contributed by atoms with van der Waals surface area (Å²) in [7, 11) is -4.11. The molecule has 0 bridgehead atoms. The van der Waals surface area contributed by atoms with E-state index in [1.165, 1.54) is 22.3 Å². The van der Waals surface area contributed by atoms with Crippen LogP contribution in [-0.4, -0.2) is 25.4 Å². The molecule has 1 heterocycles. The highest BCUT2D eigenvalue weighted by molar-refractivity contribution is 7.89. The number of amides is 1. The summed E-state index contributed by atoms with van der Waals surface area (Å²) in [5.74, 6) is -1.75. The maximum atomic E-state index is 12.5. The van der Waals surface area contributed by atoms with Gasteiger partial charge in [0.05, 0.1) is 15.3 Å². The second kappa shape index (κ2) is 6.82. The predicted molar refractivity (Wildman–Crippen MR) is 97.0 cm³/mol. The summed E-state index contributed by atoms with van der Waals surface area (Å²) in [5, 5.41) is 9.13. The van der Waals surface area contributed by atoms with Gasteiger partial charge in [-0.3, -0.25) is 10.2 Å². The minimum atomic E-state index is -4.11.